The average Bonchev–Trinajstić information content (AvgIpc) is 3.37. The van der Waals surface area contributed by atoms with Gasteiger partial charge in [0.1, 0.15) is 11.3 Å². The second kappa shape index (κ2) is 7.40. The lowest BCUT2D eigenvalue weighted by Gasteiger charge is -2.37. The van der Waals surface area contributed by atoms with Crippen molar-refractivity contribution in [1.82, 2.24) is 24.4 Å². The summed E-state index contributed by atoms with van der Waals surface area (Å²) in [4.78, 5) is 28.7. The Morgan fingerprint density at radius 1 is 1.28 bits per heavy atom. The van der Waals surface area contributed by atoms with Crippen LogP contribution in [0.4, 0.5) is 10.5 Å². The number of piperazine rings is 1. The third-order valence-electron chi connectivity index (χ3n) is 5.54. The Balaban J connectivity index is 1.32. The fourth-order valence-electron chi connectivity index (χ4n) is 3.73. The molecule has 3 aromatic rings. The standard InChI is InChI=1S/C20H24N6O3/c1-2-24-10-17(22-13-24)16-9-15-18(3-4-21-19(15)23-16)25-5-7-26(8-6-25)20(27)29-14-11-28-12-14/h3-4,9-10,13-14H,2,5-8,11-12H2,1H3,(H,21,23). The topological polar surface area (TPSA) is 88.5 Å². The Morgan fingerprint density at radius 2 is 2.10 bits per heavy atom. The van der Waals surface area contributed by atoms with Gasteiger partial charge in [-0.3, -0.25) is 0 Å². The number of aromatic nitrogens is 4. The second-order valence-corrected chi connectivity index (χ2v) is 7.38. The highest BCUT2D eigenvalue weighted by Gasteiger charge is 2.28. The quantitative estimate of drug-likeness (QED) is 0.727. The molecule has 29 heavy (non-hydrogen) atoms. The van der Waals surface area contributed by atoms with Crippen molar-refractivity contribution in [3.63, 3.8) is 0 Å². The van der Waals surface area contributed by atoms with Crippen molar-refractivity contribution in [1.29, 1.82) is 0 Å². The minimum Gasteiger partial charge on any atom is -0.441 e. The van der Waals surface area contributed by atoms with E-state index in [2.05, 4.69) is 32.8 Å². The number of hydrogen-bond donors (Lipinski definition) is 1. The van der Waals surface area contributed by atoms with Crippen molar-refractivity contribution in [3.05, 3.63) is 30.9 Å². The number of aromatic amines is 1. The number of carbonyl (C=O) groups excluding carboxylic acids is 1. The summed E-state index contributed by atoms with van der Waals surface area (Å²) in [5.41, 5.74) is 3.82. The minimum atomic E-state index is -0.242. The van der Waals surface area contributed by atoms with E-state index in [9.17, 15) is 4.79 Å². The van der Waals surface area contributed by atoms with Crippen molar-refractivity contribution in [2.45, 2.75) is 19.6 Å². The summed E-state index contributed by atoms with van der Waals surface area (Å²) >= 11 is 0. The molecule has 5 heterocycles. The van der Waals surface area contributed by atoms with Gasteiger partial charge in [-0.25, -0.2) is 14.8 Å². The SMILES string of the molecule is CCn1cnc(-c2cc3c(N4CCN(C(=O)OC5COC5)CC4)ccnc3[nH]2)c1. The van der Waals surface area contributed by atoms with E-state index >= 15 is 0 Å². The number of H-pyrrole nitrogens is 1. The Bertz CT molecular complexity index is 1020. The van der Waals surface area contributed by atoms with E-state index in [0.29, 0.717) is 26.3 Å². The van der Waals surface area contributed by atoms with Gasteiger partial charge in [0.05, 0.1) is 25.2 Å². The summed E-state index contributed by atoms with van der Waals surface area (Å²) in [6.45, 7) is 6.76. The summed E-state index contributed by atoms with van der Waals surface area (Å²) in [5.74, 6) is 0. The van der Waals surface area contributed by atoms with E-state index in [1.165, 1.54) is 0 Å². The van der Waals surface area contributed by atoms with Gasteiger partial charge in [0.2, 0.25) is 0 Å². The van der Waals surface area contributed by atoms with Crippen LogP contribution in [-0.2, 0) is 16.0 Å². The van der Waals surface area contributed by atoms with Crippen molar-refractivity contribution >= 4 is 22.8 Å². The van der Waals surface area contributed by atoms with Gasteiger partial charge >= 0.3 is 6.09 Å². The second-order valence-electron chi connectivity index (χ2n) is 7.38. The third-order valence-corrected chi connectivity index (χ3v) is 5.54. The van der Waals surface area contributed by atoms with E-state index in [0.717, 1.165) is 47.7 Å². The highest BCUT2D eigenvalue weighted by atomic mass is 16.6. The maximum atomic E-state index is 12.2. The molecule has 1 N–H and O–H groups in total. The van der Waals surface area contributed by atoms with Crippen LogP contribution < -0.4 is 4.90 Å². The van der Waals surface area contributed by atoms with Gasteiger partial charge < -0.3 is 28.8 Å². The maximum Gasteiger partial charge on any atom is 0.410 e. The molecule has 9 nitrogen and oxygen atoms in total. The number of pyridine rings is 1. The number of rotatable bonds is 4. The molecular weight excluding hydrogens is 372 g/mol. The van der Waals surface area contributed by atoms with Crippen LogP contribution in [-0.4, -0.2) is 76.0 Å². The first-order valence-corrected chi connectivity index (χ1v) is 9.99. The van der Waals surface area contributed by atoms with Crippen LogP contribution in [0, 0.1) is 0 Å². The number of carbonyl (C=O) groups is 1. The Kier molecular flexibility index (Phi) is 4.59. The smallest absolute Gasteiger partial charge is 0.410 e. The molecule has 152 valence electrons. The van der Waals surface area contributed by atoms with Crippen LogP contribution >= 0.6 is 0 Å². The first-order chi connectivity index (χ1) is 14.2. The normalized spacial score (nSPS) is 17.6. The molecule has 0 aromatic carbocycles. The molecular formula is C20H24N6O3. The molecule has 2 aliphatic rings. The number of imidazole rings is 1. The van der Waals surface area contributed by atoms with E-state index in [1.54, 1.807) is 4.90 Å². The minimum absolute atomic E-state index is 0.0881. The summed E-state index contributed by atoms with van der Waals surface area (Å²) in [6.07, 6.45) is 5.35. The highest BCUT2D eigenvalue weighted by Crippen LogP contribution is 2.30. The van der Waals surface area contributed by atoms with Gasteiger partial charge in [0, 0.05) is 56.2 Å². The number of fused-ring (bicyclic) bond motifs is 1. The van der Waals surface area contributed by atoms with Crippen LogP contribution in [0.3, 0.4) is 0 Å². The largest absolute Gasteiger partial charge is 0.441 e. The summed E-state index contributed by atoms with van der Waals surface area (Å²) in [7, 11) is 0. The fourth-order valence-corrected chi connectivity index (χ4v) is 3.73. The monoisotopic (exact) mass is 396 g/mol. The van der Waals surface area contributed by atoms with Gasteiger partial charge in [0.15, 0.2) is 6.10 Å². The molecule has 0 bridgehead atoms. The molecule has 3 aromatic heterocycles. The number of nitrogens with one attached hydrogen (secondary N) is 1. The fraction of sp³-hybridized carbons (Fsp3) is 0.450. The van der Waals surface area contributed by atoms with Crippen molar-refractivity contribution in [2.75, 3.05) is 44.3 Å². The van der Waals surface area contributed by atoms with E-state index in [1.807, 2.05) is 29.4 Å². The molecule has 0 spiro atoms. The number of aryl methyl sites for hydroxylation is 1. The molecule has 0 saturated carbocycles. The zero-order chi connectivity index (χ0) is 19.8. The molecule has 9 heteroatoms. The van der Waals surface area contributed by atoms with Gasteiger partial charge in [-0.05, 0) is 19.1 Å². The van der Waals surface area contributed by atoms with Gasteiger partial charge in [0.25, 0.3) is 0 Å². The van der Waals surface area contributed by atoms with E-state index in [4.69, 9.17) is 9.47 Å². The van der Waals surface area contributed by atoms with Crippen molar-refractivity contribution in [3.8, 4) is 11.4 Å². The number of ether oxygens (including phenoxy) is 2. The predicted octanol–water partition coefficient (Wildman–Crippen LogP) is 2.10. The highest BCUT2D eigenvalue weighted by molar-refractivity contribution is 5.93. The van der Waals surface area contributed by atoms with Crippen LogP contribution in [0.15, 0.2) is 30.9 Å². The lowest BCUT2D eigenvalue weighted by Crippen LogP contribution is -2.51. The molecule has 2 fully saturated rings. The van der Waals surface area contributed by atoms with Crippen LogP contribution in [0.5, 0.6) is 0 Å². The average molecular weight is 396 g/mol. The molecule has 2 aliphatic heterocycles. The molecule has 2 saturated heterocycles. The van der Waals surface area contributed by atoms with E-state index in [-0.39, 0.29) is 12.2 Å². The van der Waals surface area contributed by atoms with Crippen LogP contribution in [0.25, 0.3) is 22.4 Å². The lowest BCUT2D eigenvalue weighted by molar-refractivity contribution is -0.104. The molecule has 1 amide bonds. The van der Waals surface area contributed by atoms with Crippen LogP contribution in [0.1, 0.15) is 6.92 Å². The summed E-state index contributed by atoms with van der Waals surface area (Å²) in [5, 5.41) is 1.07. The number of hydrogen-bond acceptors (Lipinski definition) is 6. The van der Waals surface area contributed by atoms with Crippen LogP contribution in [0.2, 0.25) is 0 Å². The number of nitrogens with zero attached hydrogens (tertiary/aromatic N) is 5. The molecule has 5 rings (SSSR count). The van der Waals surface area contributed by atoms with Crippen molar-refractivity contribution < 1.29 is 14.3 Å². The van der Waals surface area contributed by atoms with Crippen molar-refractivity contribution in [2.24, 2.45) is 0 Å². The Labute approximate surface area is 168 Å². The Morgan fingerprint density at radius 3 is 2.79 bits per heavy atom. The van der Waals surface area contributed by atoms with Gasteiger partial charge in [-0.2, -0.15) is 0 Å². The third kappa shape index (κ3) is 3.42. The molecule has 0 unspecified atom stereocenters. The summed E-state index contributed by atoms with van der Waals surface area (Å²) < 4.78 is 12.5. The predicted molar refractivity (Wildman–Crippen MR) is 108 cm³/mol. The van der Waals surface area contributed by atoms with E-state index < -0.39 is 0 Å². The first kappa shape index (κ1) is 18.0. The first-order valence-electron chi connectivity index (χ1n) is 9.99. The Hall–Kier alpha value is -3.07. The zero-order valence-corrected chi connectivity index (χ0v) is 16.4. The molecule has 0 radical (unpaired) electrons. The molecule has 0 aliphatic carbocycles. The lowest BCUT2D eigenvalue weighted by atomic mass is 10.2. The zero-order valence-electron chi connectivity index (χ0n) is 16.4. The van der Waals surface area contributed by atoms with Gasteiger partial charge in [-0.1, -0.05) is 0 Å². The number of amides is 1. The maximum absolute atomic E-state index is 12.2. The molecule has 0 atom stereocenters. The number of anilines is 1. The van der Waals surface area contributed by atoms with Gasteiger partial charge in [-0.15, -0.1) is 0 Å². The summed E-state index contributed by atoms with van der Waals surface area (Å²) in [6, 6.07) is 4.14.